The van der Waals surface area contributed by atoms with Crippen LogP contribution in [0.1, 0.15) is 0 Å². The van der Waals surface area contributed by atoms with E-state index < -0.39 is 25.9 Å². The third kappa shape index (κ3) is 3.41. The number of hydrogen-bond donors (Lipinski definition) is 3. The van der Waals surface area contributed by atoms with Crippen molar-refractivity contribution < 1.29 is 28.9 Å². The fraction of sp³-hybridized carbons (Fsp3) is 0.714. The monoisotopic (exact) mass is 236 g/mol. The van der Waals surface area contributed by atoms with Crippen molar-refractivity contribution in [2.75, 3.05) is 7.11 Å². The van der Waals surface area contributed by atoms with Crippen LogP contribution in [0.2, 0.25) is 0 Å². The summed E-state index contributed by atoms with van der Waals surface area (Å²) in [5.74, 6) is 0.728. The van der Waals surface area contributed by atoms with Crippen LogP contribution in [0, 0.1) is 0 Å². The lowest BCUT2D eigenvalue weighted by atomic mass is 9.93. The topological polar surface area (TPSA) is 96.2 Å². The Morgan fingerprint density at radius 2 is 2.13 bits per heavy atom. The number of aliphatic hydroxyl groups is 1. The van der Waals surface area contributed by atoms with Crippen molar-refractivity contribution in [3.8, 4) is 0 Å². The molecular formula is C7H14BO6P. The first-order valence-electron chi connectivity index (χ1n) is 4.46. The minimum absolute atomic E-state index is 0.309. The second kappa shape index (κ2) is 4.78. The van der Waals surface area contributed by atoms with Crippen molar-refractivity contribution >= 4 is 15.4 Å². The summed E-state index contributed by atoms with van der Waals surface area (Å²) in [4.78, 5) is 17.2. The highest BCUT2D eigenvalue weighted by Gasteiger charge is 2.40. The molecule has 0 aromatic carbocycles. The predicted molar refractivity (Wildman–Crippen MR) is 55.2 cm³/mol. The highest BCUT2D eigenvalue weighted by Crippen LogP contribution is 2.37. The second-order valence-corrected chi connectivity index (χ2v) is 4.90. The van der Waals surface area contributed by atoms with Gasteiger partial charge < -0.3 is 24.4 Å². The number of ether oxygens (including phenoxy) is 2. The van der Waals surface area contributed by atoms with Gasteiger partial charge in [0.1, 0.15) is 26.2 Å². The lowest BCUT2D eigenvalue weighted by Gasteiger charge is -2.14. The van der Waals surface area contributed by atoms with Gasteiger partial charge in [0, 0.05) is 12.9 Å². The van der Waals surface area contributed by atoms with Crippen LogP contribution in [0.15, 0.2) is 11.9 Å². The summed E-state index contributed by atoms with van der Waals surface area (Å²) in [5, 5.41) is 9.66. The third-order valence-electron chi connectivity index (χ3n) is 2.25. The Bertz CT molecular complexity index is 289. The average molecular weight is 236 g/mol. The van der Waals surface area contributed by atoms with Gasteiger partial charge in [-0.15, -0.1) is 0 Å². The van der Waals surface area contributed by atoms with Crippen molar-refractivity contribution in [3.05, 3.63) is 11.9 Å². The van der Waals surface area contributed by atoms with E-state index in [9.17, 15) is 9.67 Å². The van der Waals surface area contributed by atoms with Crippen molar-refractivity contribution in [1.82, 2.24) is 0 Å². The van der Waals surface area contributed by atoms with E-state index >= 15 is 0 Å². The van der Waals surface area contributed by atoms with Gasteiger partial charge in [0.25, 0.3) is 0 Å². The Balaban J connectivity index is 2.67. The molecule has 1 saturated heterocycles. The molecular weight excluding hydrogens is 222 g/mol. The predicted octanol–water partition coefficient (Wildman–Crippen LogP) is -1.59. The van der Waals surface area contributed by atoms with E-state index in [1.54, 1.807) is 7.85 Å². The molecule has 0 spiro atoms. The maximum atomic E-state index is 10.6. The molecule has 86 valence electrons. The molecule has 0 bridgehead atoms. The number of aliphatic hydroxyl groups excluding tert-OH is 1. The van der Waals surface area contributed by atoms with Gasteiger partial charge in [0.05, 0.1) is 6.00 Å². The van der Waals surface area contributed by atoms with Crippen LogP contribution < -0.4 is 0 Å². The number of methoxy groups -OCH3 is 1. The minimum Gasteiger partial charge on any atom is -0.387 e. The lowest BCUT2D eigenvalue weighted by molar-refractivity contribution is 0.00955. The molecule has 0 aliphatic carbocycles. The van der Waals surface area contributed by atoms with Crippen molar-refractivity contribution in [2.45, 2.75) is 24.3 Å². The van der Waals surface area contributed by atoms with E-state index in [0.717, 1.165) is 5.82 Å². The summed E-state index contributed by atoms with van der Waals surface area (Å²) in [6.07, 6.45) is -0.956. The molecule has 1 heterocycles. The molecule has 1 rings (SSSR count). The average Bonchev–Trinajstić information content (AvgIpc) is 2.37. The molecule has 3 N–H and O–H groups in total. The zero-order valence-electron chi connectivity index (χ0n) is 8.48. The van der Waals surface area contributed by atoms with Gasteiger partial charge in [-0.25, -0.2) is 0 Å². The van der Waals surface area contributed by atoms with E-state index in [-0.39, 0.29) is 6.00 Å². The second-order valence-electron chi connectivity index (χ2n) is 3.43. The van der Waals surface area contributed by atoms with Crippen LogP contribution >= 0.6 is 7.60 Å². The zero-order chi connectivity index (χ0) is 11.6. The first kappa shape index (κ1) is 12.9. The molecule has 0 aromatic heterocycles. The van der Waals surface area contributed by atoms with E-state index in [4.69, 9.17) is 19.3 Å². The van der Waals surface area contributed by atoms with E-state index in [1.807, 2.05) is 0 Å². The molecule has 4 atom stereocenters. The maximum absolute atomic E-state index is 10.6. The molecule has 0 amide bonds. The molecule has 0 radical (unpaired) electrons. The maximum Gasteiger partial charge on any atom is 0.348 e. The van der Waals surface area contributed by atoms with Gasteiger partial charge in [-0.2, -0.15) is 0 Å². The van der Waals surface area contributed by atoms with Crippen molar-refractivity contribution in [3.63, 3.8) is 0 Å². The van der Waals surface area contributed by atoms with E-state index in [0.29, 0.717) is 0 Å². The molecule has 15 heavy (non-hydrogen) atoms. The highest BCUT2D eigenvalue weighted by molar-refractivity contribution is 7.55. The molecule has 0 saturated carbocycles. The molecule has 0 aromatic rings. The summed E-state index contributed by atoms with van der Waals surface area (Å²) < 4.78 is 20.8. The van der Waals surface area contributed by atoms with Gasteiger partial charge in [0.15, 0.2) is 0 Å². The standard InChI is InChI=1S/C7H14BO6P/c1-13-6-5(9)4(14-7(6)8)2-3-15(10,11)12/h2-7,9H,8H2,1H3,(H2,10,11,12)/b3-2+/t4-,5?,6+,7-/m1/s1. The summed E-state index contributed by atoms with van der Waals surface area (Å²) in [5.41, 5.74) is 0. The fourth-order valence-electron chi connectivity index (χ4n) is 1.56. The molecule has 8 heteroatoms. The van der Waals surface area contributed by atoms with Crippen molar-refractivity contribution in [2.24, 2.45) is 0 Å². The SMILES string of the molecule is B[C@@H]1O[C@H](/C=C/P(=O)(O)O)C(O)[C@@H]1OC. The Labute approximate surface area is 88.5 Å². The van der Waals surface area contributed by atoms with Crippen LogP contribution in [0.5, 0.6) is 0 Å². The van der Waals surface area contributed by atoms with Crippen molar-refractivity contribution in [1.29, 1.82) is 0 Å². The van der Waals surface area contributed by atoms with Gasteiger partial charge in [-0.3, -0.25) is 4.57 Å². The van der Waals surface area contributed by atoms with Gasteiger partial charge in [0.2, 0.25) is 0 Å². The van der Waals surface area contributed by atoms with Crippen LogP contribution in [-0.2, 0) is 14.0 Å². The molecule has 6 nitrogen and oxygen atoms in total. The van der Waals surface area contributed by atoms with Gasteiger partial charge in [-0.1, -0.05) is 0 Å². The third-order valence-corrected chi connectivity index (χ3v) is 2.81. The van der Waals surface area contributed by atoms with Crippen LogP contribution in [0.25, 0.3) is 0 Å². The van der Waals surface area contributed by atoms with Crippen LogP contribution in [-0.4, -0.2) is 54.2 Å². The molecule has 1 aliphatic heterocycles. The quantitative estimate of drug-likeness (QED) is 0.404. The Morgan fingerprint density at radius 1 is 1.53 bits per heavy atom. The van der Waals surface area contributed by atoms with Gasteiger partial charge in [-0.05, 0) is 6.08 Å². The number of rotatable bonds is 3. The smallest absolute Gasteiger partial charge is 0.348 e. The molecule has 1 unspecified atom stereocenters. The summed E-state index contributed by atoms with van der Waals surface area (Å²) in [6, 6.07) is -0.309. The summed E-state index contributed by atoms with van der Waals surface area (Å²) in [7, 11) is -1.03. The largest absolute Gasteiger partial charge is 0.387 e. The van der Waals surface area contributed by atoms with Crippen LogP contribution in [0.3, 0.4) is 0 Å². The Morgan fingerprint density at radius 3 is 2.53 bits per heavy atom. The number of hydrogen-bond acceptors (Lipinski definition) is 4. The highest BCUT2D eigenvalue weighted by atomic mass is 31.2. The minimum atomic E-state index is -4.21. The normalized spacial score (nSPS) is 37.6. The molecule has 1 fully saturated rings. The van der Waals surface area contributed by atoms with Gasteiger partial charge >= 0.3 is 7.60 Å². The Kier molecular flexibility index (Phi) is 4.11. The summed E-state index contributed by atoms with van der Waals surface area (Å²) in [6.45, 7) is 0. The van der Waals surface area contributed by atoms with E-state index in [2.05, 4.69) is 0 Å². The van der Waals surface area contributed by atoms with E-state index in [1.165, 1.54) is 13.2 Å². The Hall–Kier alpha value is -0.165. The summed E-state index contributed by atoms with van der Waals surface area (Å²) >= 11 is 0. The van der Waals surface area contributed by atoms with Crippen LogP contribution in [0.4, 0.5) is 0 Å². The first-order chi connectivity index (χ1) is 6.85. The fourth-order valence-corrected chi connectivity index (χ4v) is 1.95. The molecule has 1 aliphatic rings. The first-order valence-corrected chi connectivity index (χ1v) is 6.14. The lowest BCUT2D eigenvalue weighted by Crippen LogP contribution is -2.33. The zero-order valence-corrected chi connectivity index (χ0v) is 9.37.